The summed E-state index contributed by atoms with van der Waals surface area (Å²) < 4.78 is 16.1. The first kappa shape index (κ1) is 27.9. The number of nitrogens with one attached hydrogen (secondary N) is 1. The van der Waals surface area contributed by atoms with Crippen molar-refractivity contribution in [2.75, 3.05) is 13.2 Å². The normalized spacial score (nSPS) is 40.5. The molecule has 2 saturated heterocycles. The van der Waals surface area contributed by atoms with E-state index in [-0.39, 0.29) is 11.7 Å². The minimum Gasteiger partial charge on any atom is -0.394 e. The topological polar surface area (TPSA) is 241 Å². The Bertz CT molecular complexity index is 663. The molecule has 0 aliphatic carbocycles. The maximum atomic E-state index is 12.2. The van der Waals surface area contributed by atoms with Crippen molar-refractivity contribution >= 4 is 11.7 Å². The van der Waals surface area contributed by atoms with Crippen molar-refractivity contribution < 1.29 is 59.5 Å². The van der Waals surface area contributed by atoms with E-state index in [1.54, 1.807) is 13.8 Å². The van der Waals surface area contributed by atoms with Crippen LogP contribution in [0.3, 0.4) is 0 Å². The minimum atomic E-state index is -1.79. The number of hydrogen-bond donors (Lipinski definition) is 9. The summed E-state index contributed by atoms with van der Waals surface area (Å²) in [6.07, 6.45) is -16.3. The van der Waals surface area contributed by atoms with Gasteiger partial charge in [0.25, 0.3) is 0 Å². The number of ether oxygens (including phenoxy) is 3. The molecule has 2 rings (SSSR count). The zero-order chi connectivity index (χ0) is 25.0. The number of rotatable bonds is 9. The lowest BCUT2D eigenvalue weighted by Gasteiger charge is -2.46. The van der Waals surface area contributed by atoms with Gasteiger partial charge in [-0.3, -0.25) is 9.59 Å². The molecule has 14 nitrogen and oxygen atoms in total. The van der Waals surface area contributed by atoms with Gasteiger partial charge in [0.1, 0.15) is 48.8 Å². The second-order valence-electron chi connectivity index (χ2n) is 8.49. The van der Waals surface area contributed by atoms with Crippen molar-refractivity contribution in [2.24, 2.45) is 11.7 Å². The van der Waals surface area contributed by atoms with Crippen LogP contribution >= 0.6 is 0 Å². The SMILES string of the molecule is CC(C)C(=O)C(N)CC(=O)N[C@@H]1OC(CO)[C@H](O[C@@H]2OC(CO)[C@H](O)[C@H](O)C2O)[C@H](O)C1O. The van der Waals surface area contributed by atoms with Crippen molar-refractivity contribution in [1.82, 2.24) is 5.32 Å². The smallest absolute Gasteiger partial charge is 0.224 e. The third kappa shape index (κ3) is 6.43. The molecule has 5 unspecified atom stereocenters. The number of amides is 1. The minimum absolute atomic E-state index is 0.337. The quantitative estimate of drug-likeness (QED) is 0.149. The van der Waals surface area contributed by atoms with Gasteiger partial charge in [-0.1, -0.05) is 13.8 Å². The highest BCUT2D eigenvalue weighted by Gasteiger charge is 2.50. The fourth-order valence-electron chi connectivity index (χ4n) is 3.65. The van der Waals surface area contributed by atoms with Crippen LogP contribution in [0.15, 0.2) is 0 Å². The van der Waals surface area contributed by atoms with Crippen molar-refractivity contribution in [2.45, 2.75) is 87.7 Å². The second kappa shape index (κ2) is 11.9. The average Bonchev–Trinajstić information content (AvgIpc) is 2.77. The maximum absolute atomic E-state index is 12.2. The maximum Gasteiger partial charge on any atom is 0.224 e. The summed E-state index contributed by atoms with van der Waals surface area (Å²) in [6, 6.07) is -1.08. The molecule has 33 heavy (non-hydrogen) atoms. The molecule has 2 aliphatic rings. The van der Waals surface area contributed by atoms with Crippen LogP contribution in [0.5, 0.6) is 0 Å². The highest BCUT2D eigenvalue weighted by atomic mass is 16.7. The van der Waals surface area contributed by atoms with Crippen LogP contribution in [0.2, 0.25) is 0 Å². The first-order chi connectivity index (χ1) is 15.4. The van der Waals surface area contributed by atoms with Gasteiger partial charge in [-0.2, -0.15) is 0 Å². The molecule has 0 aromatic heterocycles. The van der Waals surface area contributed by atoms with E-state index in [0.717, 1.165) is 0 Å². The Kier molecular flexibility index (Phi) is 10.1. The number of hydrogen-bond acceptors (Lipinski definition) is 13. The molecule has 1 amide bonds. The lowest BCUT2D eigenvalue weighted by atomic mass is 9.96. The molecule has 14 heteroatoms. The molecular weight excluding hydrogens is 448 g/mol. The van der Waals surface area contributed by atoms with E-state index in [1.165, 1.54) is 0 Å². The molecule has 0 aromatic rings. The number of carbonyl (C=O) groups is 2. The third-order valence-electron chi connectivity index (χ3n) is 5.65. The fourth-order valence-corrected chi connectivity index (χ4v) is 3.65. The average molecular weight is 482 g/mol. The van der Waals surface area contributed by atoms with Crippen LogP contribution in [0.4, 0.5) is 0 Å². The first-order valence-corrected chi connectivity index (χ1v) is 10.6. The summed E-state index contributed by atoms with van der Waals surface area (Å²) in [7, 11) is 0. The summed E-state index contributed by atoms with van der Waals surface area (Å²) >= 11 is 0. The van der Waals surface area contributed by atoms with Gasteiger partial charge in [-0.25, -0.2) is 0 Å². The Morgan fingerprint density at radius 3 is 2.06 bits per heavy atom. The number of nitrogens with two attached hydrogens (primary N) is 1. The van der Waals surface area contributed by atoms with Gasteiger partial charge < -0.3 is 61.0 Å². The molecule has 2 heterocycles. The zero-order valence-corrected chi connectivity index (χ0v) is 18.3. The number of aliphatic hydroxyl groups excluding tert-OH is 7. The van der Waals surface area contributed by atoms with E-state index in [1.807, 2.05) is 0 Å². The molecule has 0 saturated carbocycles. The number of Topliss-reactive ketones (excluding diaryl/α,β-unsaturated/α-hetero) is 1. The highest BCUT2D eigenvalue weighted by Crippen LogP contribution is 2.28. The van der Waals surface area contributed by atoms with E-state index >= 15 is 0 Å². The van der Waals surface area contributed by atoms with Crippen molar-refractivity contribution in [3.05, 3.63) is 0 Å². The molecule has 0 aromatic carbocycles. The molecule has 0 spiro atoms. The summed E-state index contributed by atoms with van der Waals surface area (Å²) in [4.78, 5) is 24.1. The highest BCUT2D eigenvalue weighted by molar-refractivity contribution is 5.90. The molecule has 11 atom stereocenters. The van der Waals surface area contributed by atoms with Gasteiger partial charge in [0.15, 0.2) is 18.3 Å². The molecule has 192 valence electrons. The largest absolute Gasteiger partial charge is 0.394 e. The Hall–Kier alpha value is -1.30. The van der Waals surface area contributed by atoms with Crippen LogP contribution in [0.1, 0.15) is 20.3 Å². The summed E-state index contributed by atoms with van der Waals surface area (Å²) in [6.45, 7) is 1.80. The predicted molar refractivity (Wildman–Crippen MR) is 107 cm³/mol. The van der Waals surface area contributed by atoms with Crippen LogP contribution < -0.4 is 11.1 Å². The van der Waals surface area contributed by atoms with Crippen molar-refractivity contribution in [3.8, 4) is 0 Å². The number of aliphatic hydroxyl groups is 7. The van der Waals surface area contributed by atoms with Gasteiger partial charge in [0.2, 0.25) is 5.91 Å². The fraction of sp³-hybridized carbons (Fsp3) is 0.895. The Balaban J connectivity index is 2.05. The van der Waals surface area contributed by atoms with Gasteiger partial charge in [0, 0.05) is 12.3 Å². The van der Waals surface area contributed by atoms with E-state index in [4.69, 9.17) is 19.9 Å². The lowest BCUT2D eigenvalue weighted by molar-refractivity contribution is -0.343. The molecule has 2 aliphatic heterocycles. The van der Waals surface area contributed by atoms with Gasteiger partial charge in [-0.05, 0) is 0 Å². The van der Waals surface area contributed by atoms with Crippen LogP contribution in [-0.4, -0.2) is 128 Å². The van der Waals surface area contributed by atoms with E-state index < -0.39 is 92.9 Å². The number of ketones is 1. The summed E-state index contributed by atoms with van der Waals surface area (Å²) in [5, 5.41) is 72.0. The molecule has 10 N–H and O–H groups in total. The number of carbonyl (C=O) groups excluding carboxylic acids is 2. The predicted octanol–water partition coefficient (Wildman–Crippen LogP) is -5.33. The molecular formula is C19H34N2O12. The Labute approximate surface area is 189 Å². The molecule has 2 fully saturated rings. The Morgan fingerprint density at radius 2 is 1.52 bits per heavy atom. The van der Waals surface area contributed by atoms with E-state index in [0.29, 0.717) is 0 Å². The van der Waals surface area contributed by atoms with Crippen molar-refractivity contribution in [1.29, 1.82) is 0 Å². The van der Waals surface area contributed by atoms with E-state index in [2.05, 4.69) is 5.32 Å². The summed E-state index contributed by atoms with van der Waals surface area (Å²) in [5.74, 6) is -1.46. The second-order valence-corrected chi connectivity index (χ2v) is 8.49. The summed E-state index contributed by atoms with van der Waals surface area (Å²) in [5.41, 5.74) is 5.71. The van der Waals surface area contributed by atoms with Crippen LogP contribution in [0.25, 0.3) is 0 Å². The zero-order valence-electron chi connectivity index (χ0n) is 18.3. The first-order valence-electron chi connectivity index (χ1n) is 10.6. The monoisotopic (exact) mass is 482 g/mol. The van der Waals surface area contributed by atoms with Crippen LogP contribution in [-0.2, 0) is 23.8 Å². The molecule has 0 bridgehead atoms. The van der Waals surface area contributed by atoms with Gasteiger partial charge >= 0.3 is 0 Å². The molecule has 0 radical (unpaired) electrons. The third-order valence-corrected chi connectivity index (χ3v) is 5.65. The lowest BCUT2D eigenvalue weighted by Crippen LogP contribution is -2.66. The van der Waals surface area contributed by atoms with Gasteiger partial charge in [0.05, 0.1) is 19.3 Å². The van der Waals surface area contributed by atoms with Crippen LogP contribution in [0, 0.1) is 5.92 Å². The standard InChI is InChI=1S/C19H34N2O12/c1-6(2)11(25)7(20)3-10(24)21-18-15(29)14(28)17(9(5-23)31-18)33-19-16(30)13(27)12(26)8(4-22)32-19/h6-9,12-19,22-23,26-30H,3-5,20H2,1-2H3,(H,21,24)/t7?,8?,9?,12-,13-,14+,15?,16?,17-,18+,19-/m0/s1. The van der Waals surface area contributed by atoms with Crippen molar-refractivity contribution in [3.63, 3.8) is 0 Å². The van der Waals surface area contributed by atoms with E-state index in [9.17, 15) is 45.3 Å². The van der Waals surface area contributed by atoms with Gasteiger partial charge in [-0.15, -0.1) is 0 Å². The Morgan fingerprint density at radius 1 is 0.909 bits per heavy atom.